The van der Waals surface area contributed by atoms with E-state index in [9.17, 15) is 4.39 Å². The van der Waals surface area contributed by atoms with Crippen molar-refractivity contribution >= 4 is 5.69 Å². The van der Waals surface area contributed by atoms with Gasteiger partial charge >= 0.3 is 0 Å². The first-order chi connectivity index (χ1) is 8.95. The molecule has 1 rings (SSSR count). The zero-order valence-corrected chi connectivity index (χ0v) is 12.7. The first-order valence-corrected chi connectivity index (χ1v) is 6.84. The molecule has 1 aromatic carbocycles. The van der Waals surface area contributed by atoms with Crippen molar-refractivity contribution in [2.24, 2.45) is 0 Å². The Balaban J connectivity index is 2.76. The number of nitrogens with zero attached hydrogens (tertiary/aromatic N) is 2. The predicted molar refractivity (Wildman–Crippen MR) is 80.3 cm³/mol. The van der Waals surface area contributed by atoms with Crippen molar-refractivity contribution < 1.29 is 4.39 Å². The second kappa shape index (κ2) is 7.46. The lowest BCUT2D eigenvalue weighted by atomic mass is 10.1. The molecule has 0 aliphatic rings. The Labute approximate surface area is 116 Å². The van der Waals surface area contributed by atoms with E-state index in [2.05, 4.69) is 17.1 Å². The molecule has 4 heteroatoms. The summed E-state index contributed by atoms with van der Waals surface area (Å²) in [6.07, 6.45) is 0. The van der Waals surface area contributed by atoms with Crippen LogP contribution in [0.25, 0.3) is 0 Å². The molecule has 0 heterocycles. The summed E-state index contributed by atoms with van der Waals surface area (Å²) in [6, 6.07) is 5.68. The summed E-state index contributed by atoms with van der Waals surface area (Å²) in [5.41, 5.74) is 1.65. The topological polar surface area (TPSA) is 18.5 Å². The van der Waals surface area contributed by atoms with Crippen molar-refractivity contribution in [1.82, 2.24) is 10.2 Å². The highest BCUT2D eigenvalue weighted by Crippen LogP contribution is 2.22. The van der Waals surface area contributed by atoms with E-state index in [4.69, 9.17) is 0 Å². The molecule has 3 nitrogen and oxygen atoms in total. The Hall–Kier alpha value is -1.13. The van der Waals surface area contributed by atoms with Gasteiger partial charge in [0.2, 0.25) is 0 Å². The van der Waals surface area contributed by atoms with Crippen LogP contribution in [0.5, 0.6) is 0 Å². The third kappa shape index (κ3) is 4.80. The molecule has 0 amide bonds. The molecule has 0 radical (unpaired) electrons. The summed E-state index contributed by atoms with van der Waals surface area (Å²) in [5, 5.41) is 3.29. The third-order valence-electron chi connectivity index (χ3n) is 3.28. The maximum Gasteiger partial charge on any atom is 0.146 e. The summed E-state index contributed by atoms with van der Waals surface area (Å²) in [7, 11) is 5.96. The molecule has 0 saturated carbocycles. The van der Waals surface area contributed by atoms with Gasteiger partial charge in [-0.2, -0.15) is 0 Å². The Bertz CT molecular complexity index is 393. The molecule has 0 aliphatic carbocycles. The van der Waals surface area contributed by atoms with E-state index < -0.39 is 0 Å². The molecule has 108 valence electrons. The fourth-order valence-corrected chi connectivity index (χ4v) is 2.00. The molecule has 0 aliphatic heterocycles. The standard InChI is InChI=1S/C15H26FN3/c1-6-17-12(2)13-7-8-15(14(16)11-13)19(5)10-9-18(3)4/h7-8,11-12,17H,6,9-10H2,1-5H3. The summed E-state index contributed by atoms with van der Waals surface area (Å²) >= 11 is 0. The summed E-state index contributed by atoms with van der Waals surface area (Å²) in [5.74, 6) is -0.150. The maximum atomic E-state index is 14.1. The van der Waals surface area contributed by atoms with Gasteiger partial charge in [-0.15, -0.1) is 0 Å². The van der Waals surface area contributed by atoms with Crippen LogP contribution in [0.4, 0.5) is 10.1 Å². The number of halogens is 1. The molecule has 0 aromatic heterocycles. The number of anilines is 1. The minimum atomic E-state index is -0.150. The molecular weight excluding hydrogens is 241 g/mol. The Kier molecular flexibility index (Phi) is 6.25. The van der Waals surface area contributed by atoms with Crippen LogP contribution in [0.3, 0.4) is 0 Å². The smallest absolute Gasteiger partial charge is 0.146 e. The van der Waals surface area contributed by atoms with Crippen LogP contribution in [0.15, 0.2) is 18.2 Å². The molecule has 0 spiro atoms. The van der Waals surface area contributed by atoms with Crippen molar-refractivity contribution in [2.45, 2.75) is 19.9 Å². The van der Waals surface area contributed by atoms with E-state index in [1.54, 1.807) is 6.07 Å². The van der Waals surface area contributed by atoms with E-state index in [0.29, 0.717) is 5.69 Å². The Morgan fingerprint density at radius 3 is 2.42 bits per heavy atom. The van der Waals surface area contributed by atoms with Crippen molar-refractivity contribution in [3.05, 3.63) is 29.6 Å². The highest BCUT2D eigenvalue weighted by molar-refractivity contribution is 5.49. The van der Waals surface area contributed by atoms with Gasteiger partial charge in [-0.05, 0) is 45.3 Å². The molecule has 1 aromatic rings. The molecule has 0 saturated heterocycles. The molecule has 1 unspecified atom stereocenters. The van der Waals surface area contributed by atoms with Crippen LogP contribution >= 0.6 is 0 Å². The zero-order chi connectivity index (χ0) is 14.4. The lowest BCUT2D eigenvalue weighted by Gasteiger charge is -2.23. The minimum absolute atomic E-state index is 0.150. The molecule has 0 fully saturated rings. The lowest BCUT2D eigenvalue weighted by molar-refractivity contribution is 0.416. The lowest BCUT2D eigenvalue weighted by Crippen LogP contribution is -2.29. The maximum absolute atomic E-state index is 14.1. The van der Waals surface area contributed by atoms with Crippen LogP contribution in [0, 0.1) is 5.82 Å². The highest BCUT2D eigenvalue weighted by Gasteiger charge is 2.11. The Morgan fingerprint density at radius 1 is 1.21 bits per heavy atom. The van der Waals surface area contributed by atoms with Gasteiger partial charge < -0.3 is 15.1 Å². The summed E-state index contributed by atoms with van der Waals surface area (Å²) in [6.45, 7) is 6.70. The van der Waals surface area contributed by atoms with E-state index in [1.165, 1.54) is 0 Å². The second-order valence-electron chi connectivity index (χ2n) is 5.22. The van der Waals surface area contributed by atoms with Crippen LogP contribution < -0.4 is 10.2 Å². The van der Waals surface area contributed by atoms with Crippen LogP contribution in [-0.2, 0) is 0 Å². The zero-order valence-electron chi connectivity index (χ0n) is 12.7. The van der Waals surface area contributed by atoms with Gasteiger partial charge in [-0.1, -0.05) is 13.0 Å². The van der Waals surface area contributed by atoms with E-state index in [-0.39, 0.29) is 11.9 Å². The molecule has 0 bridgehead atoms. The number of hydrogen-bond donors (Lipinski definition) is 1. The van der Waals surface area contributed by atoms with Gasteiger partial charge in [0.15, 0.2) is 0 Å². The molecular formula is C15H26FN3. The van der Waals surface area contributed by atoms with Crippen LogP contribution in [-0.4, -0.2) is 45.7 Å². The van der Waals surface area contributed by atoms with Gasteiger partial charge in [-0.25, -0.2) is 4.39 Å². The first kappa shape index (κ1) is 15.9. The highest BCUT2D eigenvalue weighted by atomic mass is 19.1. The third-order valence-corrected chi connectivity index (χ3v) is 3.28. The first-order valence-electron chi connectivity index (χ1n) is 6.84. The van der Waals surface area contributed by atoms with E-state index in [1.807, 2.05) is 45.1 Å². The van der Waals surface area contributed by atoms with Gasteiger partial charge in [0.1, 0.15) is 5.82 Å². The number of likely N-dealkylation sites (N-methyl/N-ethyl adjacent to an activating group) is 2. The van der Waals surface area contributed by atoms with Crippen molar-refractivity contribution in [3.63, 3.8) is 0 Å². The fraction of sp³-hybridized carbons (Fsp3) is 0.600. The van der Waals surface area contributed by atoms with Gasteiger partial charge in [-0.3, -0.25) is 0 Å². The average Bonchev–Trinajstić information content (AvgIpc) is 2.36. The Morgan fingerprint density at radius 2 is 1.89 bits per heavy atom. The van der Waals surface area contributed by atoms with Crippen molar-refractivity contribution in [1.29, 1.82) is 0 Å². The number of rotatable bonds is 7. The summed E-state index contributed by atoms with van der Waals surface area (Å²) < 4.78 is 14.1. The van der Waals surface area contributed by atoms with E-state index >= 15 is 0 Å². The number of benzene rings is 1. The van der Waals surface area contributed by atoms with Crippen molar-refractivity contribution in [2.75, 3.05) is 45.7 Å². The monoisotopic (exact) mass is 267 g/mol. The predicted octanol–water partition coefficient (Wildman–Crippen LogP) is 2.49. The number of nitrogens with one attached hydrogen (secondary N) is 1. The largest absolute Gasteiger partial charge is 0.371 e. The van der Waals surface area contributed by atoms with E-state index in [0.717, 1.165) is 25.2 Å². The SMILES string of the molecule is CCNC(C)c1ccc(N(C)CCN(C)C)c(F)c1. The van der Waals surface area contributed by atoms with Gasteiger partial charge in [0, 0.05) is 26.2 Å². The average molecular weight is 267 g/mol. The van der Waals surface area contributed by atoms with Crippen LogP contribution in [0.1, 0.15) is 25.5 Å². The van der Waals surface area contributed by atoms with Crippen LogP contribution in [0.2, 0.25) is 0 Å². The quantitative estimate of drug-likeness (QED) is 0.819. The minimum Gasteiger partial charge on any atom is -0.371 e. The summed E-state index contributed by atoms with van der Waals surface area (Å²) in [4.78, 5) is 4.05. The van der Waals surface area contributed by atoms with Crippen molar-refractivity contribution in [3.8, 4) is 0 Å². The second-order valence-corrected chi connectivity index (χ2v) is 5.22. The molecule has 19 heavy (non-hydrogen) atoms. The fourth-order valence-electron chi connectivity index (χ4n) is 2.00. The van der Waals surface area contributed by atoms with Gasteiger partial charge in [0.25, 0.3) is 0 Å². The van der Waals surface area contributed by atoms with Gasteiger partial charge in [0.05, 0.1) is 5.69 Å². The normalized spacial score (nSPS) is 12.8. The molecule has 1 N–H and O–H groups in total. The number of hydrogen-bond acceptors (Lipinski definition) is 3. The molecule has 1 atom stereocenters.